The second-order valence-electron chi connectivity index (χ2n) is 19.3. The van der Waals surface area contributed by atoms with Gasteiger partial charge in [-0.15, -0.1) is 0 Å². The quantitative estimate of drug-likeness (QED) is 0.165. The first kappa shape index (κ1) is 49.7. The average Bonchev–Trinajstić information content (AvgIpc) is 3.63. The summed E-state index contributed by atoms with van der Waals surface area (Å²) in [6.45, 7) is 20.9. The summed E-state index contributed by atoms with van der Waals surface area (Å²) in [6, 6.07) is -0.149. The molecule has 336 valence electrons. The maximum atomic E-state index is 14.5. The molecule has 3 rings (SSSR count). The molecule has 1 aromatic carbocycles. The largest absolute Gasteiger partial charge is 0.508 e. The molecule has 7 atom stereocenters. The molecule has 15 heteroatoms. The normalized spacial score (nSPS) is 27.0. The third-order valence-electron chi connectivity index (χ3n) is 10.9. The van der Waals surface area contributed by atoms with Crippen molar-refractivity contribution < 1.29 is 38.7 Å². The minimum atomic E-state index is -1.55. The Morgan fingerprint density at radius 1 is 0.583 bits per heavy atom. The van der Waals surface area contributed by atoms with E-state index >= 15 is 0 Å². The number of nitrogens with one attached hydrogen (secondary N) is 6. The lowest BCUT2D eigenvalue weighted by Gasteiger charge is -2.35. The van der Waals surface area contributed by atoms with Crippen molar-refractivity contribution in [1.29, 1.82) is 0 Å². The van der Waals surface area contributed by atoms with Crippen molar-refractivity contribution in [2.45, 2.75) is 169 Å². The minimum absolute atomic E-state index is 0.00217. The fourth-order valence-corrected chi connectivity index (χ4v) is 8.16. The summed E-state index contributed by atoms with van der Waals surface area (Å²) in [6.07, 6.45) is 1.99. The third-order valence-corrected chi connectivity index (χ3v) is 10.9. The molecule has 0 bridgehead atoms. The van der Waals surface area contributed by atoms with Crippen molar-refractivity contribution in [3.63, 3.8) is 0 Å². The first-order valence-electron chi connectivity index (χ1n) is 21.9. The van der Waals surface area contributed by atoms with Crippen LogP contribution < -0.4 is 31.9 Å². The molecule has 60 heavy (non-hydrogen) atoms. The van der Waals surface area contributed by atoms with Crippen LogP contribution in [0.2, 0.25) is 0 Å². The number of hydrogen-bond donors (Lipinski definition) is 7. The Hall–Kier alpha value is -4.69. The van der Waals surface area contributed by atoms with Crippen LogP contribution in [0.5, 0.6) is 5.75 Å². The Kier molecular flexibility index (Phi) is 18.4. The topological polar surface area (TPSA) is 215 Å². The summed E-state index contributed by atoms with van der Waals surface area (Å²) < 4.78 is 0. The molecule has 2 heterocycles. The Morgan fingerprint density at radius 3 is 1.48 bits per heavy atom. The molecule has 0 radical (unpaired) electrons. The van der Waals surface area contributed by atoms with Crippen LogP contribution in [-0.4, -0.2) is 99.7 Å². The molecule has 2 aliphatic rings. The maximum Gasteiger partial charge on any atom is 0.246 e. The second kappa shape index (κ2) is 22.2. The summed E-state index contributed by atoms with van der Waals surface area (Å²) in [5.41, 5.74) is -0.932. The standard InChI is InChI=1S/C45H73N7O8/c1-25(2)19-32-38(54)46-33(20-26(3)4)39(55)49-36(22-28(7)8)43(59)52-18-12-13-37(52)42(58)48-35(23-30-14-16-31(53)17-15-30)41(57)51-45(11,24-29(9)10)44(60)50-34(21-27(5)6)40(56)47-32/h14-17,25-29,32-37,53H,12-13,18-24H2,1-11H3,(H,46,54)(H,47,56)(H,48,58)(H,49,55)(H,50,60)(H,51,57)/t32-,33+,34+,35-,36+,37+,45-/m1/s1. The number of aromatic hydroxyl groups is 1. The fraction of sp³-hybridized carbons (Fsp3) is 0.711. The number of carbonyl (C=O) groups excluding carboxylic acids is 7. The number of phenols is 1. The summed E-state index contributed by atoms with van der Waals surface area (Å²) in [5, 5.41) is 27.3. The molecule has 7 N–H and O–H groups in total. The number of rotatable bonds is 12. The zero-order valence-electron chi connectivity index (χ0n) is 37.8. The molecule has 2 aliphatic heterocycles. The van der Waals surface area contributed by atoms with Crippen LogP contribution in [0.1, 0.15) is 127 Å². The summed E-state index contributed by atoms with van der Waals surface area (Å²) >= 11 is 0. The van der Waals surface area contributed by atoms with Crippen LogP contribution in [-0.2, 0) is 40.0 Å². The highest BCUT2D eigenvalue weighted by Gasteiger charge is 2.43. The number of hydrogen-bond acceptors (Lipinski definition) is 8. The Bertz CT molecular complexity index is 1660. The first-order chi connectivity index (χ1) is 28.0. The number of fused-ring (bicyclic) bond motifs is 1. The molecular weight excluding hydrogens is 767 g/mol. The van der Waals surface area contributed by atoms with Crippen molar-refractivity contribution in [3.8, 4) is 5.75 Å². The van der Waals surface area contributed by atoms with Crippen molar-refractivity contribution in [1.82, 2.24) is 36.8 Å². The Labute approximate surface area is 357 Å². The van der Waals surface area contributed by atoms with E-state index in [1.165, 1.54) is 17.0 Å². The molecule has 0 saturated carbocycles. The van der Waals surface area contributed by atoms with E-state index in [0.29, 0.717) is 18.4 Å². The molecule has 0 aromatic heterocycles. The van der Waals surface area contributed by atoms with Crippen molar-refractivity contribution >= 4 is 41.4 Å². The molecule has 0 spiro atoms. The predicted molar refractivity (Wildman–Crippen MR) is 230 cm³/mol. The van der Waals surface area contributed by atoms with Crippen LogP contribution in [0.3, 0.4) is 0 Å². The van der Waals surface area contributed by atoms with Gasteiger partial charge in [0.05, 0.1) is 0 Å². The van der Waals surface area contributed by atoms with E-state index in [0.717, 1.165) is 0 Å². The number of amides is 7. The monoisotopic (exact) mass is 840 g/mol. The zero-order valence-corrected chi connectivity index (χ0v) is 37.8. The average molecular weight is 840 g/mol. The van der Waals surface area contributed by atoms with Gasteiger partial charge >= 0.3 is 0 Å². The van der Waals surface area contributed by atoms with Gasteiger partial charge in [0.25, 0.3) is 0 Å². The smallest absolute Gasteiger partial charge is 0.246 e. The van der Waals surface area contributed by atoms with E-state index in [1.54, 1.807) is 19.1 Å². The lowest BCUT2D eigenvalue weighted by atomic mass is 9.88. The molecule has 2 fully saturated rings. The highest BCUT2D eigenvalue weighted by Crippen LogP contribution is 2.23. The number of phenolic OH excluding ortho intramolecular Hbond substituents is 1. The predicted octanol–water partition coefficient (Wildman–Crippen LogP) is 3.47. The molecular formula is C45H73N7O8. The number of nitrogens with zero attached hydrogens (tertiary/aromatic N) is 1. The highest BCUT2D eigenvalue weighted by atomic mass is 16.3. The van der Waals surface area contributed by atoms with Gasteiger partial charge in [-0.05, 0) is 99.2 Å². The van der Waals surface area contributed by atoms with Gasteiger partial charge in [0, 0.05) is 13.0 Å². The van der Waals surface area contributed by atoms with Gasteiger partial charge in [-0.1, -0.05) is 81.4 Å². The van der Waals surface area contributed by atoms with Gasteiger partial charge in [0.1, 0.15) is 47.5 Å². The van der Waals surface area contributed by atoms with Crippen LogP contribution >= 0.6 is 0 Å². The van der Waals surface area contributed by atoms with Crippen LogP contribution in [0, 0.1) is 29.6 Å². The van der Waals surface area contributed by atoms with E-state index in [4.69, 9.17) is 0 Å². The molecule has 0 aliphatic carbocycles. The molecule has 2 saturated heterocycles. The molecule has 15 nitrogen and oxygen atoms in total. The van der Waals surface area contributed by atoms with Crippen LogP contribution in [0.4, 0.5) is 0 Å². The van der Waals surface area contributed by atoms with Gasteiger partial charge in [0.15, 0.2) is 0 Å². The fourth-order valence-electron chi connectivity index (χ4n) is 8.16. The third kappa shape index (κ3) is 14.8. The summed E-state index contributed by atoms with van der Waals surface area (Å²) in [5.74, 6) is -4.23. The van der Waals surface area contributed by atoms with Gasteiger partial charge in [-0.25, -0.2) is 0 Å². The molecule has 7 amide bonds. The number of benzene rings is 1. The molecule has 0 unspecified atom stereocenters. The Morgan fingerprint density at radius 2 is 1.02 bits per heavy atom. The SMILES string of the molecule is CC(C)C[C@@H]1NC(=O)[C@@H](CC(C)C)NC(=O)[C@H](CC(C)C)NC(=O)[C@@](C)(CC(C)C)NC(=O)[C@@H](Cc2ccc(O)cc2)NC(=O)[C@@H]2CCCN2C(=O)[C@H](CC(C)C)NC1=O. The van der Waals surface area contributed by atoms with Gasteiger partial charge in [-0.3, -0.25) is 33.6 Å². The molecule has 1 aromatic rings. The maximum absolute atomic E-state index is 14.5. The van der Waals surface area contributed by atoms with E-state index in [-0.39, 0.29) is 80.4 Å². The van der Waals surface area contributed by atoms with Crippen molar-refractivity contribution in [3.05, 3.63) is 29.8 Å². The van der Waals surface area contributed by atoms with Gasteiger partial charge in [-0.2, -0.15) is 0 Å². The lowest BCUT2D eigenvalue weighted by Crippen LogP contribution is -2.64. The zero-order chi connectivity index (χ0) is 45.1. The van der Waals surface area contributed by atoms with Crippen molar-refractivity contribution in [2.75, 3.05) is 6.54 Å². The van der Waals surface area contributed by atoms with Gasteiger partial charge in [0.2, 0.25) is 41.4 Å². The van der Waals surface area contributed by atoms with E-state index in [9.17, 15) is 38.7 Å². The van der Waals surface area contributed by atoms with Crippen LogP contribution in [0.15, 0.2) is 24.3 Å². The van der Waals surface area contributed by atoms with E-state index in [2.05, 4.69) is 31.9 Å². The van der Waals surface area contributed by atoms with Crippen molar-refractivity contribution in [2.24, 2.45) is 29.6 Å². The summed E-state index contributed by atoms with van der Waals surface area (Å²) in [4.78, 5) is 101. The lowest BCUT2D eigenvalue weighted by molar-refractivity contribution is -0.143. The minimum Gasteiger partial charge on any atom is -0.508 e. The second-order valence-corrected chi connectivity index (χ2v) is 19.3. The van der Waals surface area contributed by atoms with Gasteiger partial charge < -0.3 is 41.9 Å². The number of carbonyl (C=O) groups is 7. The van der Waals surface area contributed by atoms with E-state index in [1.807, 2.05) is 69.2 Å². The Balaban J connectivity index is 2.21. The first-order valence-corrected chi connectivity index (χ1v) is 21.9. The highest BCUT2D eigenvalue weighted by molar-refractivity contribution is 5.99. The van der Waals surface area contributed by atoms with E-state index < -0.39 is 83.1 Å². The van der Waals surface area contributed by atoms with Crippen LogP contribution in [0.25, 0.3) is 0 Å². The summed E-state index contributed by atoms with van der Waals surface area (Å²) in [7, 11) is 0.